The molecule has 1 heterocycles. The van der Waals surface area contributed by atoms with Crippen LogP contribution in [0.5, 0.6) is 0 Å². The lowest BCUT2D eigenvalue weighted by Crippen LogP contribution is -2.24. The molecule has 1 atom stereocenters. The lowest BCUT2D eigenvalue weighted by atomic mass is 10.1. The van der Waals surface area contributed by atoms with Crippen LogP contribution in [0.15, 0.2) is 18.2 Å². The van der Waals surface area contributed by atoms with Crippen LogP contribution in [0.2, 0.25) is 5.02 Å². The van der Waals surface area contributed by atoms with E-state index in [4.69, 9.17) is 11.6 Å². The number of halogens is 1. The van der Waals surface area contributed by atoms with Gasteiger partial charge < -0.3 is 10.6 Å². The van der Waals surface area contributed by atoms with Crippen LogP contribution in [0.4, 0.5) is 0 Å². The van der Waals surface area contributed by atoms with Crippen molar-refractivity contribution in [1.82, 2.24) is 10.6 Å². The van der Waals surface area contributed by atoms with Gasteiger partial charge in [-0.2, -0.15) is 0 Å². The molecule has 0 radical (unpaired) electrons. The summed E-state index contributed by atoms with van der Waals surface area (Å²) >= 11 is 6.02. The molecule has 1 aromatic rings. The zero-order valence-electron chi connectivity index (χ0n) is 9.72. The first-order valence-electron chi connectivity index (χ1n) is 5.91. The second-order valence-electron chi connectivity index (χ2n) is 4.63. The van der Waals surface area contributed by atoms with Gasteiger partial charge in [-0.3, -0.25) is 0 Å². The van der Waals surface area contributed by atoms with Crippen LogP contribution in [0, 0.1) is 12.8 Å². The normalized spacial score (nSPS) is 20.2. The van der Waals surface area contributed by atoms with Crippen molar-refractivity contribution in [1.29, 1.82) is 0 Å². The Morgan fingerprint density at radius 2 is 2.31 bits per heavy atom. The second kappa shape index (κ2) is 5.67. The minimum Gasteiger partial charge on any atom is -0.316 e. The molecule has 1 aliphatic heterocycles. The molecular weight excluding hydrogens is 220 g/mol. The van der Waals surface area contributed by atoms with Crippen molar-refractivity contribution in [3.8, 4) is 0 Å². The molecule has 0 saturated carbocycles. The maximum absolute atomic E-state index is 6.02. The lowest BCUT2D eigenvalue weighted by Gasteiger charge is -2.10. The van der Waals surface area contributed by atoms with Gasteiger partial charge in [0.25, 0.3) is 0 Å². The molecule has 1 aromatic carbocycles. The Morgan fingerprint density at radius 3 is 3.00 bits per heavy atom. The van der Waals surface area contributed by atoms with E-state index in [1.54, 1.807) is 0 Å². The van der Waals surface area contributed by atoms with E-state index in [2.05, 4.69) is 23.6 Å². The summed E-state index contributed by atoms with van der Waals surface area (Å²) in [5.41, 5.74) is 2.50. The van der Waals surface area contributed by atoms with Crippen molar-refractivity contribution in [2.45, 2.75) is 19.9 Å². The molecule has 2 rings (SSSR count). The summed E-state index contributed by atoms with van der Waals surface area (Å²) in [7, 11) is 0. The van der Waals surface area contributed by atoms with E-state index in [0.717, 1.165) is 30.6 Å². The van der Waals surface area contributed by atoms with Crippen LogP contribution < -0.4 is 10.6 Å². The van der Waals surface area contributed by atoms with E-state index >= 15 is 0 Å². The standard InChI is InChI=1S/C13H19ClN2/c1-10-4-12(6-13(14)5-10)9-16-8-11-2-3-15-7-11/h4-6,11,15-16H,2-3,7-9H2,1H3. The fourth-order valence-corrected chi connectivity index (χ4v) is 2.54. The van der Waals surface area contributed by atoms with Crippen LogP contribution in [-0.4, -0.2) is 19.6 Å². The van der Waals surface area contributed by atoms with Gasteiger partial charge in [-0.15, -0.1) is 0 Å². The van der Waals surface area contributed by atoms with Crippen LogP contribution >= 0.6 is 11.6 Å². The molecule has 0 spiro atoms. The topological polar surface area (TPSA) is 24.1 Å². The molecule has 0 aromatic heterocycles. The Kier molecular flexibility index (Phi) is 4.22. The highest BCUT2D eigenvalue weighted by molar-refractivity contribution is 6.30. The number of benzene rings is 1. The van der Waals surface area contributed by atoms with Crippen molar-refractivity contribution in [3.63, 3.8) is 0 Å². The minimum absolute atomic E-state index is 0.792. The van der Waals surface area contributed by atoms with E-state index in [0.29, 0.717) is 0 Å². The molecule has 1 aliphatic rings. The number of nitrogens with one attached hydrogen (secondary N) is 2. The average molecular weight is 239 g/mol. The molecule has 1 unspecified atom stereocenters. The molecule has 0 bridgehead atoms. The summed E-state index contributed by atoms with van der Waals surface area (Å²) < 4.78 is 0. The van der Waals surface area contributed by atoms with Gasteiger partial charge in [0.1, 0.15) is 0 Å². The van der Waals surface area contributed by atoms with Crippen molar-refractivity contribution in [2.75, 3.05) is 19.6 Å². The highest BCUT2D eigenvalue weighted by atomic mass is 35.5. The predicted octanol–water partition coefficient (Wildman–Crippen LogP) is 2.35. The fraction of sp³-hybridized carbons (Fsp3) is 0.538. The number of aryl methyl sites for hydroxylation is 1. The van der Waals surface area contributed by atoms with Gasteiger partial charge in [0.15, 0.2) is 0 Å². The third kappa shape index (κ3) is 3.48. The van der Waals surface area contributed by atoms with E-state index in [1.165, 1.54) is 24.1 Å². The van der Waals surface area contributed by atoms with Gasteiger partial charge in [0, 0.05) is 11.6 Å². The summed E-state index contributed by atoms with van der Waals surface area (Å²) in [6.45, 7) is 6.41. The molecule has 1 fully saturated rings. The summed E-state index contributed by atoms with van der Waals surface area (Å²) in [5.74, 6) is 0.792. The van der Waals surface area contributed by atoms with Crippen LogP contribution in [0.25, 0.3) is 0 Å². The van der Waals surface area contributed by atoms with Gasteiger partial charge in [0.2, 0.25) is 0 Å². The summed E-state index contributed by atoms with van der Waals surface area (Å²) in [5, 5.41) is 7.71. The van der Waals surface area contributed by atoms with Crippen molar-refractivity contribution in [3.05, 3.63) is 34.3 Å². The van der Waals surface area contributed by atoms with Crippen molar-refractivity contribution < 1.29 is 0 Å². The highest BCUT2D eigenvalue weighted by Crippen LogP contribution is 2.14. The highest BCUT2D eigenvalue weighted by Gasteiger charge is 2.13. The van der Waals surface area contributed by atoms with Crippen LogP contribution in [-0.2, 0) is 6.54 Å². The quantitative estimate of drug-likeness (QED) is 0.842. The molecule has 0 amide bonds. The summed E-state index contributed by atoms with van der Waals surface area (Å²) in [6, 6.07) is 6.21. The number of hydrogen-bond donors (Lipinski definition) is 2. The molecular formula is C13H19ClN2. The maximum Gasteiger partial charge on any atom is 0.0411 e. The average Bonchev–Trinajstić information content (AvgIpc) is 2.69. The molecule has 16 heavy (non-hydrogen) atoms. The fourth-order valence-electron chi connectivity index (χ4n) is 2.22. The van der Waals surface area contributed by atoms with Gasteiger partial charge in [-0.05, 0) is 62.2 Å². The number of rotatable bonds is 4. The molecule has 0 aliphatic carbocycles. The zero-order valence-corrected chi connectivity index (χ0v) is 10.5. The molecule has 1 saturated heterocycles. The van der Waals surface area contributed by atoms with Crippen LogP contribution in [0.1, 0.15) is 17.5 Å². The Labute approximate surface area is 102 Å². The van der Waals surface area contributed by atoms with E-state index in [-0.39, 0.29) is 0 Å². The predicted molar refractivity (Wildman–Crippen MR) is 68.9 cm³/mol. The van der Waals surface area contributed by atoms with E-state index < -0.39 is 0 Å². The number of hydrogen-bond acceptors (Lipinski definition) is 2. The Balaban J connectivity index is 1.80. The third-order valence-electron chi connectivity index (χ3n) is 3.03. The summed E-state index contributed by atoms with van der Waals surface area (Å²) in [6.07, 6.45) is 1.29. The third-order valence-corrected chi connectivity index (χ3v) is 3.24. The summed E-state index contributed by atoms with van der Waals surface area (Å²) in [4.78, 5) is 0. The lowest BCUT2D eigenvalue weighted by molar-refractivity contribution is 0.512. The largest absolute Gasteiger partial charge is 0.316 e. The van der Waals surface area contributed by atoms with Gasteiger partial charge >= 0.3 is 0 Å². The van der Waals surface area contributed by atoms with Gasteiger partial charge in [0.05, 0.1) is 0 Å². The molecule has 3 heteroatoms. The van der Waals surface area contributed by atoms with Crippen molar-refractivity contribution >= 4 is 11.6 Å². The van der Waals surface area contributed by atoms with Gasteiger partial charge in [-0.1, -0.05) is 17.7 Å². The van der Waals surface area contributed by atoms with E-state index in [1.807, 2.05) is 12.1 Å². The minimum atomic E-state index is 0.792. The molecule has 2 nitrogen and oxygen atoms in total. The first-order valence-corrected chi connectivity index (χ1v) is 6.29. The maximum atomic E-state index is 6.02. The Hall–Kier alpha value is -0.570. The monoisotopic (exact) mass is 238 g/mol. The van der Waals surface area contributed by atoms with Crippen molar-refractivity contribution in [2.24, 2.45) is 5.92 Å². The SMILES string of the molecule is Cc1cc(Cl)cc(CNCC2CCNC2)c1. The van der Waals surface area contributed by atoms with Gasteiger partial charge in [-0.25, -0.2) is 0 Å². The van der Waals surface area contributed by atoms with E-state index in [9.17, 15) is 0 Å². The smallest absolute Gasteiger partial charge is 0.0411 e. The first kappa shape index (κ1) is 11.9. The zero-order chi connectivity index (χ0) is 11.4. The first-order chi connectivity index (χ1) is 7.74. The Bertz CT molecular complexity index is 326. The Morgan fingerprint density at radius 1 is 1.44 bits per heavy atom. The molecule has 88 valence electrons. The van der Waals surface area contributed by atoms with Crippen LogP contribution in [0.3, 0.4) is 0 Å². The second-order valence-corrected chi connectivity index (χ2v) is 5.06. The molecule has 2 N–H and O–H groups in total.